The largest absolute Gasteiger partial charge is 0.481 e. The zero-order valence-corrected chi connectivity index (χ0v) is 20.4. The van der Waals surface area contributed by atoms with Gasteiger partial charge in [0.15, 0.2) is 0 Å². The summed E-state index contributed by atoms with van der Waals surface area (Å²) in [4.78, 5) is 77.3. The molecule has 1 aromatic carbocycles. The Morgan fingerprint density at radius 3 is 2.42 bits per heavy atom. The highest BCUT2D eigenvalue weighted by molar-refractivity contribution is 5.97. The summed E-state index contributed by atoms with van der Waals surface area (Å²) in [5.41, 5.74) is 12.3. The molecule has 0 spiro atoms. The van der Waals surface area contributed by atoms with Crippen molar-refractivity contribution in [3.05, 3.63) is 36.0 Å². The van der Waals surface area contributed by atoms with Crippen LogP contribution in [0.15, 0.2) is 30.5 Å². The van der Waals surface area contributed by atoms with E-state index in [4.69, 9.17) is 16.6 Å². The molecule has 3 rings (SSSR count). The first-order valence-electron chi connectivity index (χ1n) is 11.9. The Morgan fingerprint density at radius 1 is 1.05 bits per heavy atom. The van der Waals surface area contributed by atoms with Crippen LogP contribution in [0, 0.1) is 0 Å². The second kappa shape index (κ2) is 12.2. The van der Waals surface area contributed by atoms with Crippen LogP contribution >= 0.6 is 0 Å². The van der Waals surface area contributed by atoms with Crippen molar-refractivity contribution in [2.75, 3.05) is 6.54 Å². The minimum Gasteiger partial charge on any atom is -0.481 e. The predicted molar refractivity (Wildman–Crippen MR) is 132 cm³/mol. The average Bonchev–Trinajstić information content (AvgIpc) is 3.49. The molecule has 0 radical (unpaired) electrons. The fourth-order valence-electron chi connectivity index (χ4n) is 4.46. The number of carbonyl (C=O) groups is 6. The second-order valence-electron chi connectivity index (χ2n) is 9.09. The molecule has 1 saturated heterocycles. The predicted octanol–water partition coefficient (Wildman–Crippen LogP) is -1.57. The number of carboxylic acids is 2. The maximum Gasteiger partial charge on any atom is 0.326 e. The van der Waals surface area contributed by atoms with Crippen LogP contribution < -0.4 is 22.1 Å². The Balaban J connectivity index is 1.72. The van der Waals surface area contributed by atoms with E-state index in [9.17, 15) is 33.9 Å². The summed E-state index contributed by atoms with van der Waals surface area (Å²) < 4.78 is 0. The zero-order chi connectivity index (χ0) is 28.0. The van der Waals surface area contributed by atoms with Crippen LogP contribution in [0.3, 0.4) is 0 Å². The zero-order valence-electron chi connectivity index (χ0n) is 20.4. The number of hydrogen-bond acceptors (Lipinski definition) is 7. The van der Waals surface area contributed by atoms with Gasteiger partial charge in [0.2, 0.25) is 23.6 Å². The molecule has 4 atom stereocenters. The maximum atomic E-state index is 13.0. The van der Waals surface area contributed by atoms with Crippen molar-refractivity contribution in [2.24, 2.45) is 11.5 Å². The molecule has 4 unspecified atom stereocenters. The van der Waals surface area contributed by atoms with E-state index in [-0.39, 0.29) is 19.4 Å². The molecule has 2 heterocycles. The minimum absolute atomic E-state index is 0.0747. The monoisotopic (exact) mass is 530 g/mol. The number of para-hydroxylation sites is 1. The number of carbonyl (C=O) groups excluding carboxylic acids is 4. The van der Waals surface area contributed by atoms with Gasteiger partial charge in [-0.1, -0.05) is 18.2 Å². The molecule has 0 aliphatic carbocycles. The van der Waals surface area contributed by atoms with Crippen LogP contribution in [0.2, 0.25) is 0 Å². The molecule has 14 heteroatoms. The summed E-state index contributed by atoms with van der Waals surface area (Å²) in [6.07, 6.45) is 0.979. The molecule has 0 bridgehead atoms. The molecule has 1 fully saturated rings. The highest BCUT2D eigenvalue weighted by Crippen LogP contribution is 2.20. The highest BCUT2D eigenvalue weighted by Gasteiger charge is 2.38. The number of carboxylic acid groups (broad SMARTS) is 2. The van der Waals surface area contributed by atoms with Crippen LogP contribution in [0.4, 0.5) is 0 Å². The number of aromatic nitrogens is 1. The van der Waals surface area contributed by atoms with Crippen molar-refractivity contribution in [3.8, 4) is 0 Å². The van der Waals surface area contributed by atoms with Crippen LogP contribution in [0.5, 0.6) is 0 Å². The van der Waals surface area contributed by atoms with E-state index in [1.54, 1.807) is 18.3 Å². The number of likely N-dealkylation sites (tertiary alicyclic amines) is 1. The number of rotatable bonds is 12. The molecule has 4 amide bonds. The molecular formula is C24H30N6O8. The summed E-state index contributed by atoms with van der Waals surface area (Å²) in [6.45, 7) is 0.155. The molecule has 2 aromatic rings. The first-order valence-corrected chi connectivity index (χ1v) is 11.9. The van der Waals surface area contributed by atoms with Gasteiger partial charge in [-0.15, -0.1) is 0 Å². The molecule has 1 aliphatic rings. The molecule has 38 heavy (non-hydrogen) atoms. The number of hydrogen-bond donors (Lipinski definition) is 7. The topological polar surface area (TPSA) is 238 Å². The van der Waals surface area contributed by atoms with Crippen molar-refractivity contribution >= 4 is 46.5 Å². The summed E-state index contributed by atoms with van der Waals surface area (Å²) in [5, 5.41) is 24.1. The number of nitrogens with two attached hydrogens (primary N) is 2. The molecule has 9 N–H and O–H groups in total. The SMILES string of the molecule is NC(=O)CC(NC(=O)C1CCCN1C(=O)C(N)CC(=O)O)C(=O)NC(Cc1c[nH]c2ccccc12)C(=O)O. The molecule has 14 nitrogen and oxygen atoms in total. The maximum absolute atomic E-state index is 13.0. The quantitative estimate of drug-likeness (QED) is 0.167. The molecule has 1 aromatic heterocycles. The van der Waals surface area contributed by atoms with Gasteiger partial charge >= 0.3 is 11.9 Å². The van der Waals surface area contributed by atoms with Gasteiger partial charge in [-0.3, -0.25) is 24.0 Å². The number of benzene rings is 1. The van der Waals surface area contributed by atoms with Gasteiger partial charge in [-0.05, 0) is 24.5 Å². The van der Waals surface area contributed by atoms with E-state index in [1.165, 1.54) is 0 Å². The lowest BCUT2D eigenvalue weighted by atomic mass is 10.0. The molecule has 1 aliphatic heterocycles. The van der Waals surface area contributed by atoms with Crippen molar-refractivity contribution in [1.82, 2.24) is 20.5 Å². The number of nitrogens with zero attached hydrogens (tertiary/aromatic N) is 1. The number of H-pyrrole nitrogens is 1. The van der Waals surface area contributed by atoms with Crippen LogP contribution in [-0.2, 0) is 35.2 Å². The van der Waals surface area contributed by atoms with E-state index in [1.807, 2.05) is 12.1 Å². The van der Waals surface area contributed by atoms with Gasteiger partial charge in [-0.25, -0.2) is 4.79 Å². The summed E-state index contributed by atoms with van der Waals surface area (Å²) in [6, 6.07) is 1.93. The molecular weight excluding hydrogens is 500 g/mol. The fraction of sp³-hybridized carbons (Fsp3) is 0.417. The third kappa shape index (κ3) is 6.85. The first-order chi connectivity index (χ1) is 18.0. The Morgan fingerprint density at radius 2 is 1.76 bits per heavy atom. The number of aromatic amines is 1. The standard InChI is InChI=1S/C24H30N6O8/c25-14(9-20(32)33)23(36)30-7-3-6-18(30)22(35)28-16(10-19(26)31)21(34)29-17(24(37)38)8-12-11-27-15-5-2-1-4-13(12)15/h1-2,4-5,11,14,16-18,27H,3,6-10,25H2,(H2,26,31)(H,28,35)(H,29,34)(H,32,33)(H,37,38). The number of nitrogens with one attached hydrogen (secondary N) is 3. The van der Waals surface area contributed by atoms with Gasteiger partial charge < -0.3 is 42.2 Å². The van der Waals surface area contributed by atoms with Crippen molar-refractivity contribution in [2.45, 2.75) is 56.3 Å². The normalized spacial score (nSPS) is 17.4. The third-order valence-corrected chi connectivity index (χ3v) is 6.30. The Hall–Kier alpha value is -4.46. The van der Waals surface area contributed by atoms with Crippen molar-refractivity contribution in [1.29, 1.82) is 0 Å². The van der Waals surface area contributed by atoms with E-state index >= 15 is 0 Å². The van der Waals surface area contributed by atoms with Gasteiger partial charge in [0.05, 0.1) is 18.9 Å². The van der Waals surface area contributed by atoms with E-state index in [0.29, 0.717) is 12.0 Å². The van der Waals surface area contributed by atoms with Crippen LogP contribution in [0.1, 0.15) is 31.2 Å². The second-order valence-corrected chi connectivity index (χ2v) is 9.09. The van der Waals surface area contributed by atoms with E-state index in [0.717, 1.165) is 15.8 Å². The Labute approximate surface area is 216 Å². The highest BCUT2D eigenvalue weighted by atomic mass is 16.4. The van der Waals surface area contributed by atoms with Crippen LogP contribution in [0.25, 0.3) is 10.9 Å². The Bertz CT molecular complexity index is 1240. The van der Waals surface area contributed by atoms with E-state index < -0.39 is 72.6 Å². The third-order valence-electron chi connectivity index (χ3n) is 6.30. The molecule has 204 valence electrons. The number of primary amides is 1. The first kappa shape index (κ1) is 28.1. The minimum atomic E-state index is -1.50. The lowest BCUT2D eigenvalue weighted by Gasteiger charge is -2.28. The van der Waals surface area contributed by atoms with Gasteiger partial charge in [0.25, 0.3) is 0 Å². The van der Waals surface area contributed by atoms with Gasteiger partial charge in [0, 0.05) is 30.1 Å². The van der Waals surface area contributed by atoms with Crippen molar-refractivity contribution in [3.63, 3.8) is 0 Å². The number of fused-ring (bicyclic) bond motifs is 1. The number of amides is 4. The van der Waals surface area contributed by atoms with Crippen LogP contribution in [-0.4, -0.2) is 86.4 Å². The van der Waals surface area contributed by atoms with Crippen molar-refractivity contribution < 1.29 is 39.0 Å². The van der Waals surface area contributed by atoms with E-state index in [2.05, 4.69) is 15.6 Å². The smallest absolute Gasteiger partial charge is 0.326 e. The number of aliphatic carboxylic acids is 2. The Kier molecular flexibility index (Phi) is 9.02. The molecule has 0 saturated carbocycles. The summed E-state index contributed by atoms with van der Waals surface area (Å²) in [5.74, 6) is -5.97. The van der Waals surface area contributed by atoms with Gasteiger partial charge in [0.1, 0.15) is 18.1 Å². The van der Waals surface area contributed by atoms with Gasteiger partial charge in [-0.2, -0.15) is 0 Å². The average molecular weight is 531 g/mol. The lowest BCUT2D eigenvalue weighted by Crippen LogP contribution is -2.57. The summed E-state index contributed by atoms with van der Waals surface area (Å²) >= 11 is 0. The summed E-state index contributed by atoms with van der Waals surface area (Å²) in [7, 11) is 0. The fourth-order valence-corrected chi connectivity index (χ4v) is 4.46. The lowest BCUT2D eigenvalue weighted by molar-refractivity contribution is -0.144.